The van der Waals surface area contributed by atoms with Crippen molar-refractivity contribution >= 4 is 28.1 Å². The van der Waals surface area contributed by atoms with Crippen LogP contribution < -0.4 is 10.2 Å². The zero-order valence-corrected chi connectivity index (χ0v) is 14.8. The highest BCUT2D eigenvalue weighted by Gasteiger charge is 2.22. The SMILES string of the molecule is CC1CN(c2ccc(Nc3ccc4nnn(C)c4c3)cc2)CC(C)O1. The first-order valence-corrected chi connectivity index (χ1v) is 8.65. The van der Waals surface area contributed by atoms with Crippen molar-refractivity contribution in [1.82, 2.24) is 15.0 Å². The summed E-state index contributed by atoms with van der Waals surface area (Å²) in [7, 11) is 1.90. The van der Waals surface area contributed by atoms with Gasteiger partial charge in [0.2, 0.25) is 0 Å². The lowest BCUT2D eigenvalue weighted by molar-refractivity contribution is -0.00521. The second kappa shape index (κ2) is 6.37. The van der Waals surface area contributed by atoms with Gasteiger partial charge >= 0.3 is 0 Å². The van der Waals surface area contributed by atoms with E-state index in [0.717, 1.165) is 35.5 Å². The summed E-state index contributed by atoms with van der Waals surface area (Å²) >= 11 is 0. The zero-order chi connectivity index (χ0) is 17.4. The summed E-state index contributed by atoms with van der Waals surface area (Å²) in [6.07, 6.45) is 0.529. The van der Waals surface area contributed by atoms with Gasteiger partial charge in [-0.05, 0) is 56.3 Å². The number of ether oxygens (including phenoxy) is 1. The third-order valence-corrected chi connectivity index (χ3v) is 4.55. The van der Waals surface area contributed by atoms with Crippen LogP contribution in [0, 0.1) is 0 Å². The monoisotopic (exact) mass is 337 g/mol. The Bertz CT molecular complexity index is 863. The van der Waals surface area contributed by atoms with Crippen LogP contribution in [0.2, 0.25) is 0 Å². The molecular formula is C19H23N5O. The molecule has 0 saturated carbocycles. The van der Waals surface area contributed by atoms with Gasteiger partial charge in [0.15, 0.2) is 0 Å². The highest BCUT2D eigenvalue weighted by Crippen LogP contribution is 2.25. The molecule has 25 heavy (non-hydrogen) atoms. The van der Waals surface area contributed by atoms with E-state index in [1.165, 1.54) is 5.69 Å². The van der Waals surface area contributed by atoms with Crippen molar-refractivity contribution in [3.8, 4) is 0 Å². The van der Waals surface area contributed by atoms with Crippen LogP contribution in [0.25, 0.3) is 11.0 Å². The molecule has 0 aliphatic carbocycles. The predicted octanol–water partition coefficient (Wildman–Crippen LogP) is 3.33. The number of rotatable bonds is 3. The van der Waals surface area contributed by atoms with E-state index < -0.39 is 0 Å². The summed E-state index contributed by atoms with van der Waals surface area (Å²) in [6, 6.07) is 14.6. The maximum absolute atomic E-state index is 5.81. The number of hydrogen-bond donors (Lipinski definition) is 1. The molecule has 0 spiro atoms. The number of nitrogens with zero attached hydrogens (tertiary/aromatic N) is 4. The molecule has 2 aromatic carbocycles. The second-order valence-electron chi connectivity index (χ2n) is 6.75. The number of nitrogens with one attached hydrogen (secondary N) is 1. The molecule has 1 fully saturated rings. The molecule has 0 bridgehead atoms. The Balaban J connectivity index is 1.50. The lowest BCUT2D eigenvalue weighted by Gasteiger charge is -2.36. The van der Waals surface area contributed by atoms with Crippen LogP contribution in [-0.4, -0.2) is 40.3 Å². The molecular weight excluding hydrogens is 314 g/mol. The molecule has 1 aliphatic rings. The van der Waals surface area contributed by atoms with Crippen LogP contribution in [0.3, 0.4) is 0 Å². The molecule has 6 nitrogen and oxygen atoms in total. The summed E-state index contributed by atoms with van der Waals surface area (Å²) in [6.45, 7) is 6.12. The molecule has 0 amide bonds. The molecule has 1 N–H and O–H groups in total. The topological polar surface area (TPSA) is 55.2 Å². The van der Waals surface area contributed by atoms with Gasteiger partial charge in [0.1, 0.15) is 5.52 Å². The summed E-state index contributed by atoms with van der Waals surface area (Å²) in [5.41, 5.74) is 5.24. The molecule has 0 radical (unpaired) electrons. The van der Waals surface area contributed by atoms with E-state index in [2.05, 4.69) is 64.7 Å². The Labute approximate surface area is 147 Å². The third kappa shape index (κ3) is 3.30. The van der Waals surface area contributed by atoms with Gasteiger partial charge in [-0.3, -0.25) is 0 Å². The third-order valence-electron chi connectivity index (χ3n) is 4.55. The van der Waals surface area contributed by atoms with Crippen LogP contribution in [0.1, 0.15) is 13.8 Å². The minimum Gasteiger partial charge on any atom is -0.372 e. The van der Waals surface area contributed by atoms with Crippen LogP contribution in [-0.2, 0) is 11.8 Å². The number of aryl methyl sites for hydroxylation is 1. The number of anilines is 3. The van der Waals surface area contributed by atoms with Gasteiger partial charge in [-0.2, -0.15) is 0 Å². The van der Waals surface area contributed by atoms with Gasteiger partial charge in [-0.25, -0.2) is 4.68 Å². The van der Waals surface area contributed by atoms with Gasteiger partial charge in [-0.1, -0.05) is 5.21 Å². The number of hydrogen-bond acceptors (Lipinski definition) is 5. The molecule has 2 atom stereocenters. The largest absolute Gasteiger partial charge is 0.372 e. The lowest BCUT2D eigenvalue weighted by atomic mass is 10.2. The Morgan fingerprint density at radius 2 is 1.68 bits per heavy atom. The number of aromatic nitrogens is 3. The fourth-order valence-electron chi connectivity index (χ4n) is 3.42. The van der Waals surface area contributed by atoms with E-state index in [0.29, 0.717) is 0 Å². The van der Waals surface area contributed by atoms with E-state index in [-0.39, 0.29) is 12.2 Å². The first-order valence-electron chi connectivity index (χ1n) is 8.65. The van der Waals surface area contributed by atoms with Gasteiger partial charge in [0.05, 0.1) is 17.7 Å². The number of morpholine rings is 1. The fraction of sp³-hybridized carbons (Fsp3) is 0.368. The average molecular weight is 337 g/mol. The Morgan fingerprint density at radius 3 is 2.40 bits per heavy atom. The van der Waals surface area contributed by atoms with E-state index in [4.69, 9.17) is 4.74 Å². The summed E-state index contributed by atoms with van der Waals surface area (Å²) in [5, 5.41) is 11.6. The van der Waals surface area contributed by atoms with E-state index >= 15 is 0 Å². The Hall–Kier alpha value is -2.60. The molecule has 130 valence electrons. The molecule has 1 saturated heterocycles. The van der Waals surface area contributed by atoms with Crippen LogP contribution in [0.4, 0.5) is 17.1 Å². The van der Waals surface area contributed by atoms with Crippen molar-refractivity contribution in [3.63, 3.8) is 0 Å². The Kier molecular flexibility index (Phi) is 4.05. The summed E-state index contributed by atoms with van der Waals surface area (Å²) in [5.74, 6) is 0. The summed E-state index contributed by atoms with van der Waals surface area (Å²) < 4.78 is 7.59. The first-order chi connectivity index (χ1) is 12.1. The van der Waals surface area contributed by atoms with E-state index in [1.807, 2.05) is 19.2 Å². The maximum Gasteiger partial charge on any atom is 0.113 e. The second-order valence-corrected chi connectivity index (χ2v) is 6.75. The first kappa shape index (κ1) is 15.9. The zero-order valence-electron chi connectivity index (χ0n) is 14.8. The smallest absolute Gasteiger partial charge is 0.113 e. The van der Waals surface area contributed by atoms with Crippen LogP contribution in [0.15, 0.2) is 42.5 Å². The summed E-state index contributed by atoms with van der Waals surface area (Å²) in [4.78, 5) is 2.38. The normalized spacial score (nSPS) is 20.8. The van der Waals surface area contributed by atoms with Gasteiger partial charge in [0, 0.05) is 37.2 Å². The molecule has 1 aromatic heterocycles. The van der Waals surface area contributed by atoms with Crippen LogP contribution >= 0.6 is 0 Å². The lowest BCUT2D eigenvalue weighted by Crippen LogP contribution is -2.45. The molecule has 1 aliphatic heterocycles. The van der Waals surface area contributed by atoms with Gasteiger partial charge < -0.3 is 15.0 Å². The molecule has 6 heteroatoms. The molecule has 4 rings (SSSR count). The minimum atomic E-state index is 0.265. The van der Waals surface area contributed by atoms with Gasteiger partial charge in [0.25, 0.3) is 0 Å². The number of benzene rings is 2. The molecule has 2 unspecified atom stereocenters. The maximum atomic E-state index is 5.81. The predicted molar refractivity (Wildman–Crippen MR) is 100 cm³/mol. The van der Waals surface area contributed by atoms with Crippen molar-refractivity contribution in [2.45, 2.75) is 26.1 Å². The van der Waals surface area contributed by atoms with Crippen molar-refractivity contribution in [2.24, 2.45) is 7.05 Å². The van der Waals surface area contributed by atoms with Crippen molar-refractivity contribution in [1.29, 1.82) is 0 Å². The Morgan fingerprint density at radius 1 is 1.00 bits per heavy atom. The quantitative estimate of drug-likeness (QED) is 0.794. The molecule has 3 aromatic rings. The minimum absolute atomic E-state index is 0.265. The highest BCUT2D eigenvalue weighted by atomic mass is 16.5. The highest BCUT2D eigenvalue weighted by molar-refractivity contribution is 5.80. The molecule has 2 heterocycles. The fourth-order valence-corrected chi connectivity index (χ4v) is 3.42. The number of fused-ring (bicyclic) bond motifs is 1. The standard InChI is InChI=1S/C19H23N5O/c1-13-11-24(12-14(2)25-13)17-7-4-15(5-8-17)20-16-6-9-18-19(10-16)23(3)22-21-18/h4-10,13-14,20H,11-12H2,1-3H3. The van der Waals surface area contributed by atoms with Crippen molar-refractivity contribution in [3.05, 3.63) is 42.5 Å². The van der Waals surface area contributed by atoms with Crippen LogP contribution in [0.5, 0.6) is 0 Å². The van der Waals surface area contributed by atoms with Crippen molar-refractivity contribution in [2.75, 3.05) is 23.3 Å². The van der Waals surface area contributed by atoms with Gasteiger partial charge in [-0.15, -0.1) is 5.10 Å². The van der Waals surface area contributed by atoms with E-state index in [9.17, 15) is 0 Å². The van der Waals surface area contributed by atoms with E-state index in [1.54, 1.807) is 4.68 Å². The average Bonchev–Trinajstić information content (AvgIpc) is 2.95. The van der Waals surface area contributed by atoms with Crippen molar-refractivity contribution < 1.29 is 4.74 Å².